The fraction of sp³-hybridized carbons (Fsp3) is 0.125. The minimum Gasteiger partial charge on any atom is -0.508 e. The highest BCUT2D eigenvalue weighted by Gasteiger charge is 2.05. The molecule has 0 spiro atoms. The van der Waals surface area contributed by atoms with Crippen LogP contribution in [-0.2, 0) is 4.74 Å². The standard InChI is InChI=1S/C16H15NO4/c1-2-21-16(20)11-3-6-13(7-4-11)17-10-12-5-8-14(18)9-15(12)19/h3-10,18-19H,2H2,1H3. The number of nitrogens with zero attached hydrogens (tertiary/aromatic N) is 1. The number of phenolic OH excluding ortho intramolecular Hbond substituents is 2. The Morgan fingerprint density at radius 1 is 1.19 bits per heavy atom. The summed E-state index contributed by atoms with van der Waals surface area (Å²) in [7, 11) is 0. The first-order chi connectivity index (χ1) is 10.1. The Hall–Kier alpha value is -2.82. The molecule has 2 aromatic carbocycles. The lowest BCUT2D eigenvalue weighted by Crippen LogP contribution is -2.03. The molecule has 0 unspecified atom stereocenters. The van der Waals surface area contributed by atoms with Crippen molar-refractivity contribution in [2.24, 2.45) is 4.99 Å². The van der Waals surface area contributed by atoms with Crippen LogP contribution in [0.25, 0.3) is 0 Å². The van der Waals surface area contributed by atoms with Crippen molar-refractivity contribution in [2.75, 3.05) is 6.61 Å². The first kappa shape index (κ1) is 14.6. The van der Waals surface area contributed by atoms with Gasteiger partial charge in [0.2, 0.25) is 0 Å². The second kappa shape index (κ2) is 6.56. The van der Waals surface area contributed by atoms with Gasteiger partial charge in [-0.3, -0.25) is 4.99 Å². The van der Waals surface area contributed by atoms with Gasteiger partial charge in [0.1, 0.15) is 11.5 Å². The third kappa shape index (κ3) is 3.82. The van der Waals surface area contributed by atoms with Crippen molar-refractivity contribution in [3.05, 3.63) is 53.6 Å². The predicted octanol–water partition coefficient (Wildman–Crippen LogP) is 3.03. The van der Waals surface area contributed by atoms with Gasteiger partial charge < -0.3 is 14.9 Å². The summed E-state index contributed by atoms with van der Waals surface area (Å²) in [6.45, 7) is 2.08. The van der Waals surface area contributed by atoms with Gasteiger partial charge >= 0.3 is 5.97 Å². The summed E-state index contributed by atoms with van der Waals surface area (Å²) < 4.78 is 4.89. The van der Waals surface area contributed by atoms with Gasteiger partial charge in [0.05, 0.1) is 17.9 Å². The number of benzene rings is 2. The molecule has 2 N–H and O–H groups in total. The van der Waals surface area contributed by atoms with E-state index in [0.29, 0.717) is 23.4 Å². The smallest absolute Gasteiger partial charge is 0.338 e. The van der Waals surface area contributed by atoms with E-state index < -0.39 is 0 Å². The molecule has 108 valence electrons. The molecule has 0 aromatic heterocycles. The highest BCUT2D eigenvalue weighted by atomic mass is 16.5. The molecule has 0 aliphatic rings. The molecule has 2 aromatic rings. The summed E-state index contributed by atoms with van der Waals surface area (Å²) in [5, 5.41) is 18.8. The molecular formula is C16H15NO4. The normalized spacial score (nSPS) is 10.7. The first-order valence-electron chi connectivity index (χ1n) is 6.43. The number of phenols is 2. The minimum atomic E-state index is -0.371. The lowest BCUT2D eigenvalue weighted by Gasteiger charge is -2.02. The number of carbonyl (C=O) groups excluding carboxylic acids is 1. The molecule has 0 aliphatic carbocycles. The third-order valence-electron chi connectivity index (χ3n) is 2.75. The van der Waals surface area contributed by atoms with Crippen LogP contribution >= 0.6 is 0 Å². The maximum absolute atomic E-state index is 11.5. The molecular weight excluding hydrogens is 270 g/mol. The molecule has 0 saturated heterocycles. The predicted molar refractivity (Wildman–Crippen MR) is 79.4 cm³/mol. The molecule has 0 bridgehead atoms. The van der Waals surface area contributed by atoms with E-state index in [1.165, 1.54) is 18.3 Å². The van der Waals surface area contributed by atoms with Crippen LogP contribution in [0.4, 0.5) is 5.69 Å². The molecule has 0 fully saturated rings. The molecule has 2 rings (SSSR count). The zero-order valence-corrected chi connectivity index (χ0v) is 11.5. The van der Waals surface area contributed by atoms with E-state index in [-0.39, 0.29) is 17.5 Å². The molecule has 0 saturated carbocycles. The second-order valence-electron chi connectivity index (χ2n) is 4.27. The zero-order valence-electron chi connectivity index (χ0n) is 11.5. The Balaban J connectivity index is 2.12. The number of aromatic hydroxyl groups is 2. The Morgan fingerprint density at radius 3 is 2.52 bits per heavy atom. The van der Waals surface area contributed by atoms with Crippen molar-refractivity contribution in [2.45, 2.75) is 6.92 Å². The van der Waals surface area contributed by atoms with Crippen molar-refractivity contribution in [1.29, 1.82) is 0 Å². The zero-order chi connectivity index (χ0) is 15.2. The maximum Gasteiger partial charge on any atom is 0.338 e. The average molecular weight is 285 g/mol. The third-order valence-corrected chi connectivity index (χ3v) is 2.75. The molecule has 5 heteroatoms. The number of hydrogen-bond donors (Lipinski definition) is 2. The van der Waals surface area contributed by atoms with E-state index in [2.05, 4.69) is 4.99 Å². The number of carbonyl (C=O) groups is 1. The summed E-state index contributed by atoms with van der Waals surface area (Å²) in [6.07, 6.45) is 1.48. The molecule has 0 heterocycles. The second-order valence-corrected chi connectivity index (χ2v) is 4.27. The molecule has 5 nitrogen and oxygen atoms in total. The van der Waals surface area contributed by atoms with Gasteiger partial charge in [-0.25, -0.2) is 4.79 Å². The number of ether oxygens (including phenoxy) is 1. The van der Waals surface area contributed by atoms with Crippen LogP contribution in [0, 0.1) is 0 Å². The number of aliphatic imine (C=N–C) groups is 1. The molecule has 0 aliphatic heterocycles. The fourth-order valence-electron chi connectivity index (χ4n) is 1.68. The first-order valence-corrected chi connectivity index (χ1v) is 6.43. The van der Waals surface area contributed by atoms with Crippen LogP contribution in [0.5, 0.6) is 11.5 Å². The molecule has 0 atom stereocenters. The number of esters is 1. The van der Waals surface area contributed by atoms with Crippen LogP contribution in [0.1, 0.15) is 22.8 Å². The van der Waals surface area contributed by atoms with E-state index in [0.717, 1.165) is 0 Å². The fourth-order valence-corrected chi connectivity index (χ4v) is 1.68. The van der Waals surface area contributed by atoms with Gasteiger partial charge in [-0.15, -0.1) is 0 Å². The summed E-state index contributed by atoms with van der Waals surface area (Å²) in [4.78, 5) is 15.7. The largest absolute Gasteiger partial charge is 0.508 e. The topological polar surface area (TPSA) is 79.1 Å². The SMILES string of the molecule is CCOC(=O)c1ccc(N=Cc2ccc(O)cc2O)cc1. The Morgan fingerprint density at radius 2 is 1.90 bits per heavy atom. The van der Waals surface area contributed by atoms with E-state index >= 15 is 0 Å². The monoisotopic (exact) mass is 285 g/mol. The van der Waals surface area contributed by atoms with Gasteiger partial charge in [-0.1, -0.05) is 0 Å². The van der Waals surface area contributed by atoms with Crippen LogP contribution in [0.15, 0.2) is 47.5 Å². The van der Waals surface area contributed by atoms with Gasteiger partial charge in [0, 0.05) is 17.8 Å². The van der Waals surface area contributed by atoms with Gasteiger partial charge in [0.25, 0.3) is 0 Å². The lowest BCUT2D eigenvalue weighted by atomic mass is 10.2. The Kier molecular flexibility index (Phi) is 4.56. The Bertz CT molecular complexity index is 662. The van der Waals surface area contributed by atoms with Gasteiger partial charge in [-0.2, -0.15) is 0 Å². The summed E-state index contributed by atoms with van der Waals surface area (Å²) >= 11 is 0. The summed E-state index contributed by atoms with van der Waals surface area (Å²) in [6, 6.07) is 10.9. The van der Waals surface area contributed by atoms with Gasteiger partial charge in [-0.05, 0) is 43.3 Å². The van der Waals surface area contributed by atoms with E-state index in [1.807, 2.05) is 0 Å². The van der Waals surface area contributed by atoms with Gasteiger partial charge in [0.15, 0.2) is 0 Å². The van der Waals surface area contributed by atoms with Crippen LogP contribution in [-0.4, -0.2) is 29.0 Å². The van der Waals surface area contributed by atoms with Crippen molar-refractivity contribution >= 4 is 17.9 Å². The number of hydrogen-bond acceptors (Lipinski definition) is 5. The van der Waals surface area contributed by atoms with Crippen molar-refractivity contribution in [3.8, 4) is 11.5 Å². The maximum atomic E-state index is 11.5. The van der Waals surface area contributed by atoms with Crippen LogP contribution in [0.2, 0.25) is 0 Å². The summed E-state index contributed by atoms with van der Waals surface area (Å²) in [5.74, 6) is -0.436. The molecule has 0 amide bonds. The highest BCUT2D eigenvalue weighted by Crippen LogP contribution is 2.22. The van der Waals surface area contributed by atoms with Crippen molar-refractivity contribution in [1.82, 2.24) is 0 Å². The lowest BCUT2D eigenvalue weighted by molar-refractivity contribution is 0.0526. The van der Waals surface area contributed by atoms with E-state index in [4.69, 9.17) is 4.74 Å². The molecule has 0 radical (unpaired) electrons. The van der Waals surface area contributed by atoms with Crippen molar-refractivity contribution < 1.29 is 19.7 Å². The summed E-state index contributed by atoms with van der Waals surface area (Å²) in [5.41, 5.74) is 1.58. The Labute approximate surface area is 122 Å². The van der Waals surface area contributed by atoms with Crippen LogP contribution < -0.4 is 0 Å². The highest BCUT2D eigenvalue weighted by molar-refractivity contribution is 5.90. The van der Waals surface area contributed by atoms with Crippen LogP contribution in [0.3, 0.4) is 0 Å². The van der Waals surface area contributed by atoms with E-state index in [9.17, 15) is 15.0 Å². The number of rotatable bonds is 4. The molecule has 21 heavy (non-hydrogen) atoms. The quantitative estimate of drug-likeness (QED) is 0.668. The minimum absolute atomic E-state index is 0.0107. The van der Waals surface area contributed by atoms with E-state index in [1.54, 1.807) is 37.3 Å². The van der Waals surface area contributed by atoms with Crippen molar-refractivity contribution in [3.63, 3.8) is 0 Å². The average Bonchev–Trinajstić information content (AvgIpc) is 2.47.